The van der Waals surface area contributed by atoms with Gasteiger partial charge in [-0.3, -0.25) is 4.98 Å². The highest BCUT2D eigenvalue weighted by molar-refractivity contribution is 5.52. The van der Waals surface area contributed by atoms with Crippen LogP contribution in [0.4, 0.5) is 0 Å². The Hall–Kier alpha value is -2.01. The first-order valence-corrected chi connectivity index (χ1v) is 7.82. The maximum atomic E-state index is 6.08. The zero-order chi connectivity index (χ0) is 15.4. The van der Waals surface area contributed by atoms with Crippen molar-refractivity contribution in [1.29, 1.82) is 0 Å². The largest absolute Gasteiger partial charge is 0.472 e. The van der Waals surface area contributed by atoms with Crippen molar-refractivity contribution in [3.05, 3.63) is 36.5 Å². The van der Waals surface area contributed by atoms with Gasteiger partial charge in [0.15, 0.2) is 0 Å². The molecule has 0 aromatic carbocycles. The summed E-state index contributed by atoms with van der Waals surface area (Å²) in [5.74, 6) is 0.596. The van der Waals surface area contributed by atoms with Crippen molar-refractivity contribution in [1.82, 2.24) is 20.1 Å². The molecule has 5 nitrogen and oxygen atoms in total. The summed E-state index contributed by atoms with van der Waals surface area (Å²) >= 11 is 0. The summed E-state index contributed by atoms with van der Waals surface area (Å²) in [5.41, 5.74) is 1.59. The van der Waals surface area contributed by atoms with Gasteiger partial charge < -0.3 is 9.64 Å². The maximum Gasteiger partial charge on any atom is 0.233 e. The fourth-order valence-electron chi connectivity index (χ4n) is 2.99. The third-order valence-electron chi connectivity index (χ3n) is 4.17. The van der Waals surface area contributed by atoms with E-state index in [-0.39, 0.29) is 6.10 Å². The minimum Gasteiger partial charge on any atom is -0.472 e. The molecule has 1 saturated carbocycles. The lowest BCUT2D eigenvalue weighted by atomic mass is 9.92. The molecule has 22 heavy (non-hydrogen) atoms. The molecule has 3 rings (SSSR count). The second-order valence-electron chi connectivity index (χ2n) is 5.94. The quantitative estimate of drug-likeness (QED) is 0.868. The van der Waals surface area contributed by atoms with Gasteiger partial charge in [-0.25, -0.2) is 0 Å². The van der Waals surface area contributed by atoms with Crippen LogP contribution in [0.3, 0.4) is 0 Å². The molecule has 0 aliphatic heterocycles. The first-order valence-electron chi connectivity index (χ1n) is 7.82. The maximum absolute atomic E-state index is 6.08. The predicted molar refractivity (Wildman–Crippen MR) is 85.6 cm³/mol. The normalized spacial score (nSPS) is 21.8. The van der Waals surface area contributed by atoms with Crippen LogP contribution in [-0.2, 0) is 0 Å². The molecule has 0 radical (unpaired) electrons. The standard InChI is InChI=1S/C17H22N4O/c1-21(2)15-8-3-4-9-16(15)22-17-11-10-14(19-20-17)13-7-5-6-12-18-13/h5-7,10-12,15-16H,3-4,8-9H2,1-2H3. The Morgan fingerprint density at radius 2 is 1.86 bits per heavy atom. The molecule has 1 fully saturated rings. The fourth-order valence-corrected chi connectivity index (χ4v) is 2.99. The average Bonchev–Trinajstić information content (AvgIpc) is 2.57. The average molecular weight is 298 g/mol. The molecule has 0 amide bonds. The smallest absolute Gasteiger partial charge is 0.233 e. The fraction of sp³-hybridized carbons (Fsp3) is 0.471. The van der Waals surface area contributed by atoms with Crippen molar-refractivity contribution in [3.8, 4) is 17.3 Å². The molecule has 2 heterocycles. The van der Waals surface area contributed by atoms with E-state index >= 15 is 0 Å². The molecule has 0 saturated heterocycles. The van der Waals surface area contributed by atoms with E-state index in [2.05, 4.69) is 34.2 Å². The van der Waals surface area contributed by atoms with E-state index in [9.17, 15) is 0 Å². The minimum atomic E-state index is 0.193. The van der Waals surface area contributed by atoms with Gasteiger partial charge in [0.1, 0.15) is 11.8 Å². The number of nitrogens with zero attached hydrogens (tertiary/aromatic N) is 4. The lowest BCUT2D eigenvalue weighted by Gasteiger charge is -2.35. The van der Waals surface area contributed by atoms with Crippen LogP contribution in [0.5, 0.6) is 5.88 Å². The number of rotatable bonds is 4. The van der Waals surface area contributed by atoms with Gasteiger partial charge in [0.2, 0.25) is 5.88 Å². The van der Waals surface area contributed by atoms with Crippen LogP contribution in [0, 0.1) is 0 Å². The van der Waals surface area contributed by atoms with Crippen LogP contribution in [0.25, 0.3) is 11.4 Å². The van der Waals surface area contributed by atoms with Crippen molar-refractivity contribution in [2.75, 3.05) is 14.1 Å². The molecule has 1 aliphatic carbocycles. The molecule has 0 spiro atoms. The molecular formula is C17H22N4O. The number of hydrogen-bond donors (Lipinski definition) is 0. The minimum absolute atomic E-state index is 0.193. The second-order valence-corrected chi connectivity index (χ2v) is 5.94. The van der Waals surface area contributed by atoms with Crippen molar-refractivity contribution >= 4 is 0 Å². The Kier molecular flexibility index (Phi) is 4.63. The lowest BCUT2D eigenvalue weighted by molar-refractivity contribution is 0.0581. The van der Waals surface area contributed by atoms with Crippen LogP contribution >= 0.6 is 0 Å². The van der Waals surface area contributed by atoms with E-state index in [0.29, 0.717) is 11.9 Å². The van der Waals surface area contributed by atoms with Gasteiger partial charge in [0.25, 0.3) is 0 Å². The summed E-state index contributed by atoms with van der Waals surface area (Å²) < 4.78 is 6.08. The van der Waals surface area contributed by atoms with E-state index in [4.69, 9.17) is 4.74 Å². The van der Waals surface area contributed by atoms with Crippen LogP contribution in [0.1, 0.15) is 25.7 Å². The summed E-state index contributed by atoms with van der Waals surface area (Å²) in [6.07, 6.45) is 6.69. The lowest BCUT2D eigenvalue weighted by Crippen LogP contribution is -2.44. The van der Waals surface area contributed by atoms with Crippen LogP contribution in [-0.4, -0.2) is 46.3 Å². The highest BCUT2D eigenvalue weighted by atomic mass is 16.5. The van der Waals surface area contributed by atoms with E-state index in [1.807, 2.05) is 30.3 Å². The van der Waals surface area contributed by atoms with Gasteiger partial charge >= 0.3 is 0 Å². The van der Waals surface area contributed by atoms with Gasteiger partial charge in [0.05, 0.1) is 5.69 Å². The Labute approximate surface area is 131 Å². The number of aromatic nitrogens is 3. The molecule has 2 unspecified atom stereocenters. The summed E-state index contributed by atoms with van der Waals surface area (Å²) in [5, 5.41) is 8.45. The monoisotopic (exact) mass is 298 g/mol. The molecule has 2 aromatic rings. The van der Waals surface area contributed by atoms with Crippen molar-refractivity contribution in [2.45, 2.75) is 37.8 Å². The summed E-state index contributed by atoms with van der Waals surface area (Å²) in [7, 11) is 4.23. The third kappa shape index (κ3) is 3.42. The number of likely N-dealkylation sites (N-methyl/N-ethyl adjacent to an activating group) is 1. The Morgan fingerprint density at radius 1 is 1.00 bits per heavy atom. The SMILES string of the molecule is CN(C)C1CCCCC1Oc1ccc(-c2ccccn2)nn1. The number of ether oxygens (including phenoxy) is 1. The van der Waals surface area contributed by atoms with Gasteiger partial charge in [-0.2, -0.15) is 0 Å². The highest BCUT2D eigenvalue weighted by Gasteiger charge is 2.28. The molecule has 1 aliphatic rings. The molecule has 0 bridgehead atoms. The van der Waals surface area contributed by atoms with Gasteiger partial charge in [-0.05, 0) is 51.6 Å². The van der Waals surface area contributed by atoms with E-state index in [0.717, 1.165) is 17.8 Å². The van der Waals surface area contributed by atoms with Gasteiger partial charge in [0, 0.05) is 18.3 Å². The zero-order valence-electron chi connectivity index (χ0n) is 13.1. The molecular weight excluding hydrogens is 276 g/mol. The third-order valence-corrected chi connectivity index (χ3v) is 4.17. The van der Waals surface area contributed by atoms with Crippen LogP contribution in [0.2, 0.25) is 0 Å². The number of hydrogen-bond acceptors (Lipinski definition) is 5. The summed E-state index contributed by atoms with van der Waals surface area (Å²) in [6.45, 7) is 0. The van der Waals surface area contributed by atoms with Crippen molar-refractivity contribution < 1.29 is 4.74 Å². The molecule has 116 valence electrons. The van der Waals surface area contributed by atoms with E-state index in [1.165, 1.54) is 19.3 Å². The molecule has 2 aromatic heterocycles. The number of pyridine rings is 1. The molecule has 0 N–H and O–H groups in total. The van der Waals surface area contributed by atoms with Crippen LogP contribution < -0.4 is 4.74 Å². The second kappa shape index (κ2) is 6.83. The Bertz CT molecular complexity index is 585. The summed E-state index contributed by atoms with van der Waals surface area (Å²) in [6, 6.07) is 10.0. The highest BCUT2D eigenvalue weighted by Crippen LogP contribution is 2.25. The Balaban J connectivity index is 1.70. The van der Waals surface area contributed by atoms with Gasteiger partial charge in [-0.1, -0.05) is 12.5 Å². The predicted octanol–water partition coefficient (Wildman–Crippen LogP) is 2.79. The first-order chi connectivity index (χ1) is 10.7. The molecule has 2 atom stereocenters. The molecule has 5 heteroatoms. The topological polar surface area (TPSA) is 51.1 Å². The first kappa shape index (κ1) is 14.9. The zero-order valence-corrected chi connectivity index (χ0v) is 13.1. The van der Waals surface area contributed by atoms with E-state index < -0.39 is 0 Å². The van der Waals surface area contributed by atoms with E-state index in [1.54, 1.807) is 6.20 Å². The van der Waals surface area contributed by atoms with Crippen LogP contribution in [0.15, 0.2) is 36.5 Å². The van der Waals surface area contributed by atoms with Crippen molar-refractivity contribution in [3.63, 3.8) is 0 Å². The Morgan fingerprint density at radius 3 is 2.55 bits per heavy atom. The van der Waals surface area contributed by atoms with Crippen molar-refractivity contribution in [2.24, 2.45) is 0 Å². The summed E-state index contributed by atoms with van der Waals surface area (Å²) in [4.78, 5) is 6.53. The van der Waals surface area contributed by atoms with Gasteiger partial charge in [-0.15, -0.1) is 10.2 Å².